The number of phenols is 2. The Bertz CT molecular complexity index is 2960. The molecule has 26 nitrogen and oxygen atoms in total. The van der Waals surface area contributed by atoms with Crippen LogP contribution in [0.1, 0.15) is 68.7 Å². The Kier molecular flexibility index (Phi) is 28.0. The third-order valence-corrected chi connectivity index (χ3v) is 14.3. The summed E-state index contributed by atoms with van der Waals surface area (Å²) in [6.45, 7) is 4.31. The Morgan fingerprint density at radius 1 is 0.465 bits per heavy atom. The van der Waals surface area contributed by atoms with Gasteiger partial charge in [0.2, 0.25) is 53.2 Å². The van der Waals surface area contributed by atoms with Gasteiger partial charge in [-0.2, -0.15) is 11.8 Å². The first-order chi connectivity index (χ1) is 40.8. The molecule has 0 aliphatic carbocycles. The summed E-state index contributed by atoms with van der Waals surface area (Å²) < 4.78 is 0. The van der Waals surface area contributed by atoms with E-state index in [4.69, 9.17) is 11.5 Å². The van der Waals surface area contributed by atoms with Crippen LogP contribution in [0.4, 0.5) is 0 Å². The number of aliphatic hydroxyl groups excluding tert-OH is 1. The minimum Gasteiger partial charge on any atom is -0.508 e. The van der Waals surface area contributed by atoms with Crippen LogP contribution >= 0.6 is 11.8 Å². The first-order valence-corrected chi connectivity index (χ1v) is 28.9. The maximum atomic E-state index is 14.5. The molecule has 4 aromatic rings. The van der Waals surface area contributed by atoms with Gasteiger partial charge in [-0.25, -0.2) is 4.79 Å². The van der Waals surface area contributed by atoms with Crippen molar-refractivity contribution >= 4 is 76.9 Å². The highest BCUT2D eigenvalue weighted by Crippen LogP contribution is 2.17. The third-order valence-electron chi connectivity index (χ3n) is 13.7. The van der Waals surface area contributed by atoms with Gasteiger partial charge in [0.1, 0.15) is 59.8 Å². The van der Waals surface area contributed by atoms with Gasteiger partial charge in [0.15, 0.2) is 0 Å². The van der Waals surface area contributed by atoms with Crippen LogP contribution in [-0.2, 0) is 78.4 Å². The van der Waals surface area contributed by atoms with Crippen molar-refractivity contribution in [1.29, 1.82) is 0 Å². The van der Waals surface area contributed by atoms with E-state index >= 15 is 0 Å². The van der Waals surface area contributed by atoms with Gasteiger partial charge in [-0.3, -0.25) is 47.9 Å². The van der Waals surface area contributed by atoms with Crippen LogP contribution in [0.2, 0.25) is 0 Å². The summed E-state index contributed by atoms with van der Waals surface area (Å²) in [7, 11) is 0. The van der Waals surface area contributed by atoms with Gasteiger partial charge in [0.05, 0.1) is 25.0 Å². The second kappa shape index (κ2) is 34.6. The molecule has 0 saturated heterocycles. The van der Waals surface area contributed by atoms with E-state index in [-0.39, 0.29) is 50.0 Å². The molecule has 0 aliphatic rings. The molecule has 86 heavy (non-hydrogen) atoms. The molecular weight excluding hydrogens is 1140 g/mol. The molecular formula is C59H76N10O16S. The number of benzene rings is 4. The molecule has 0 aromatic heterocycles. The van der Waals surface area contributed by atoms with Gasteiger partial charge in [-0.15, -0.1) is 0 Å². The number of carbonyl (C=O) groups excluding carboxylic acids is 9. The topological polar surface area (TPSA) is 437 Å². The SMILES string of the molecule is CC[C@H](C)[C@H](NC(=O)[C@H](CC(=O)O)NC(=O)[C@@H](NC(=O)[C@H](Cc1ccccc1)NC(=O)[C@H](CC(N)=O)NC(=O)[C@@H](N)Cc1ccccc1)[C@@H](C)O)C(=O)N[C@@H](Cc1ccc(O)cc1)C(=O)N[C@@H](CCSC)C(=O)N[C@@H](Cc1ccc(O)cc1)C(=O)O. The fourth-order valence-corrected chi connectivity index (χ4v) is 9.17. The maximum Gasteiger partial charge on any atom is 0.326 e. The molecule has 0 aliphatic heterocycles. The van der Waals surface area contributed by atoms with E-state index in [1.54, 1.807) is 80.8 Å². The number of carboxylic acid groups (broad SMARTS) is 2. The number of aromatic hydroxyl groups is 2. The smallest absolute Gasteiger partial charge is 0.326 e. The van der Waals surface area contributed by atoms with Gasteiger partial charge < -0.3 is 79.5 Å². The van der Waals surface area contributed by atoms with Crippen LogP contribution in [0.5, 0.6) is 11.5 Å². The zero-order chi connectivity index (χ0) is 63.6. The van der Waals surface area contributed by atoms with E-state index < -0.39 is 144 Å². The number of carbonyl (C=O) groups is 11. The summed E-state index contributed by atoms with van der Waals surface area (Å²) in [6.07, 6.45) is -2.30. The zero-order valence-corrected chi connectivity index (χ0v) is 48.7. The predicted octanol–water partition coefficient (Wildman–Crippen LogP) is -0.811. The van der Waals surface area contributed by atoms with Gasteiger partial charge in [-0.1, -0.05) is 105 Å². The van der Waals surface area contributed by atoms with Crippen LogP contribution in [0.3, 0.4) is 0 Å². The molecule has 0 bridgehead atoms. The number of primary amides is 1. The molecule has 27 heteroatoms. The first-order valence-electron chi connectivity index (χ1n) is 27.5. The van der Waals surface area contributed by atoms with E-state index in [1.165, 1.54) is 60.3 Å². The lowest BCUT2D eigenvalue weighted by molar-refractivity contribution is -0.143. The maximum absolute atomic E-state index is 14.5. The second-order valence-electron chi connectivity index (χ2n) is 20.6. The molecule has 9 amide bonds. The largest absolute Gasteiger partial charge is 0.508 e. The number of nitrogens with one attached hydrogen (secondary N) is 8. The molecule has 11 atom stereocenters. The van der Waals surface area contributed by atoms with Crippen molar-refractivity contribution in [2.45, 2.75) is 133 Å². The van der Waals surface area contributed by atoms with Crippen LogP contribution in [0, 0.1) is 5.92 Å². The van der Waals surface area contributed by atoms with Crippen molar-refractivity contribution in [3.63, 3.8) is 0 Å². The molecule has 0 radical (unpaired) electrons. The summed E-state index contributed by atoms with van der Waals surface area (Å²) in [4.78, 5) is 149. The summed E-state index contributed by atoms with van der Waals surface area (Å²) in [5.41, 5.74) is 13.6. The second-order valence-corrected chi connectivity index (χ2v) is 21.6. The summed E-state index contributed by atoms with van der Waals surface area (Å²) in [5, 5.41) is 70.3. The standard InChI is InChI=1S/C59H76N10O16S/c1-5-32(2)49(57(82)65-42(28-36-16-20-38(71)21-17-36)53(78)62-41(24-25-86-4)52(77)67-46(59(84)85)29-37-18-22-39(72)23-19-37)68-56(81)45(31-48(74)75)66-58(83)50(33(3)70)69-55(80)43(27-35-14-10-7-11-15-35)64-54(79)44(30-47(61)73)63-51(76)40(60)26-34-12-8-6-9-13-34/h6-23,32-33,40-46,49-50,70-72H,5,24-31,60H2,1-4H3,(H2,61,73)(H,62,78)(H,63,76)(H,64,79)(H,65,82)(H,66,83)(H,67,77)(H,68,81)(H,69,80)(H,74,75)(H,84,85)/t32-,33+,40-,41-,42-,43-,44-,45-,46-,49-,50-/m0/s1. The fraction of sp³-hybridized carbons (Fsp3) is 0.407. The van der Waals surface area contributed by atoms with Crippen molar-refractivity contribution in [3.05, 3.63) is 131 Å². The van der Waals surface area contributed by atoms with Gasteiger partial charge in [0, 0.05) is 19.3 Å². The van der Waals surface area contributed by atoms with Crippen molar-refractivity contribution in [3.8, 4) is 11.5 Å². The zero-order valence-electron chi connectivity index (χ0n) is 47.9. The van der Waals surface area contributed by atoms with Crippen LogP contribution in [0.15, 0.2) is 109 Å². The Morgan fingerprint density at radius 2 is 0.837 bits per heavy atom. The van der Waals surface area contributed by atoms with E-state index in [0.29, 0.717) is 28.0 Å². The first kappa shape index (κ1) is 69.4. The van der Waals surface area contributed by atoms with E-state index in [9.17, 15) is 78.3 Å². The van der Waals surface area contributed by atoms with E-state index in [1.807, 2.05) is 0 Å². The van der Waals surface area contributed by atoms with Crippen molar-refractivity contribution in [2.24, 2.45) is 17.4 Å². The van der Waals surface area contributed by atoms with Crippen molar-refractivity contribution < 1.29 is 78.3 Å². The van der Waals surface area contributed by atoms with Gasteiger partial charge >= 0.3 is 11.9 Å². The number of phenolic OH excluding ortho intramolecular Hbond substituents is 2. The number of rotatable bonds is 35. The number of carboxylic acids is 2. The lowest BCUT2D eigenvalue weighted by atomic mass is 9.96. The van der Waals surface area contributed by atoms with Crippen LogP contribution in [-0.4, -0.2) is 163 Å². The molecule has 0 heterocycles. The molecule has 0 unspecified atom stereocenters. The van der Waals surface area contributed by atoms with Crippen LogP contribution in [0.25, 0.3) is 0 Å². The molecule has 17 N–H and O–H groups in total. The monoisotopic (exact) mass is 1210 g/mol. The minimum atomic E-state index is -2.00. The third kappa shape index (κ3) is 23.2. The Balaban J connectivity index is 1.58. The molecule has 4 aromatic carbocycles. The quantitative estimate of drug-likeness (QED) is 0.0268. The normalized spacial score (nSPS) is 14.9. The Hall–Kier alpha value is -9.08. The van der Waals surface area contributed by atoms with Gasteiger partial charge in [-0.05, 0) is 84.2 Å². The number of hydrogen-bond donors (Lipinski definition) is 15. The number of nitrogens with two attached hydrogens (primary N) is 2. The summed E-state index contributed by atoms with van der Waals surface area (Å²) in [5.74, 6) is -12.9. The number of aliphatic hydroxyl groups is 1. The molecule has 4 rings (SSSR count). The number of aliphatic carboxylic acids is 2. The molecule has 0 saturated carbocycles. The predicted molar refractivity (Wildman–Crippen MR) is 315 cm³/mol. The van der Waals surface area contributed by atoms with Gasteiger partial charge in [0.25, 0.3) is 0 Å². The number of amides is 9. The average molecular weight is 1210 g/mol. The van der Waals surface area contributed by atoms with Crippen molar-refractivity contribution in [2.75, 3.05) is 12.0 Å². The highest BCUT2D eigenvalue weighted by atomic mass is 32.2. The average Bonchev–Trinajstić information content (AvgIpc) is 3.45. The fourth-order valence-electron chi connectivity index (χ4n) is 8.70. The lowest BCUT2D eigenvalue weighted by Crippen LogP contribution is -2.63. The number of thioether (sulfide) groups is 1. The Morgan fingerprint density at radius 3 is 1.31 bits per heavy atom. The summed E-state index contributed by atoms with van der Waals surface area (Å²) >= 11 is 1.33. The minimum absolute atomic E-state index is 0.00268. The van der Waals surface area contributed by atoms with Crippen LogP contribution < -0.4 is 54.0 Å². The highest BCUT2D eigenvalue weighted by molar-refractivity contribution is 7.98. The van der Waals surface area contributed by atoms with E-state index in [2.05, 4.69) is 42.5 Å². The molecule has 464 valence electrons. The highest BCUT2D eigenvalue weighted by Gasteiger charge is 2.38. The molecule has 0 spiro atoms. The lowest BCUT2D eigenvalue weighted by Gasteiger charge is -2.30. The Labute approximate surface area is 500 Å². The van der Waals surface area contributed by atoms with E-state index in [0.717, 1.165) is 6.92 Å². The summed E-state index contributed by atoms with van der Waals surface area (Å²) in [6, 6.07) is 13.8. The van der Waals surface area contributed by atoms with Crippen molar-refractivity contribution in [1.82, 2.24) is 42.5 Å². The number of hydrogen-bond acceptors (Lipinski definition) is 16. The molecule has 0 fully saturated rings.